The van der Waals surface area contributed by atoms with Gasteiger partial charge in [0.1, 0.15) is 10.8 Å². The molecule has 0 radical (unpaired) electrons. The number of hydrogen-bond donors (Lipinski definition) is 1. The molecule has 1 atom stereocenters. The van der Waals surface area contributed by atoms with E-state index >= 15 is 0 Å². The van der Waals surface area contributed by atoms with Gasteiger partial charge < -0.3 is 10.1 Å². The summed E-state index contributed by atoms with van der Waals surface area (Å²) in [6, 6.07) is 8.59. The van der Waals surface area contributed by atoms with Crippen LogP contribution in [-0.4, -0.2) is 18.6 Å². The molecule has 1 aliphatic rings. The molecule has 2 aromatic rings. The van der Waals surface area contributed by atoms with E-state index in [4.69, 9.17) is 9.72 Å². The standard InChI is InChI=1S/C16H20N2OS/c1-3-19-13-9-5-4-7-11(13)16-18-15-12(17-2)8-6-10-14(15)20-16/h4-5,7,9,12,17H,3,6,8,10H2,1-2H3. The van der Waals surface area contributed by atoms with Gasteiger partial charge in [-0.1, -0.05) is 12.1 Å². The summed E-state index contributed by atoms with van der Waals surface area (Å²) in [6.45, 7) is 2.70. The van der Waals surface area contributed by atoms with Gasteiger partial charge in [-0.25, -0.2) is 4.98 Å². The Hall–Kier alpha value is -1.39. The quantitative estimate of drug-likeness (QED) is 0.929. The fourth-order valence-corrected chi connectivity index (χ4v) is 3.93. The summed E-state index contributed by atoms with van der Waals surface area (Å²) in [5.74, 6) is 0.933. The molecular formula is C16H20N2OS. The number of rotatable bonds is 4. The molecule has 3 rings (SSSR count). The van der Waals surface area contributed by atoms with Crippen molar-refractivity contribution in [3.8, 4) is 16.3 Å². The zero-order valence-electron chi connectivity index (χ0n) is 12.0. The Morgan fingerprint density at radius 1 is 1.40 bits per heavy atom. The van der Waals surface area contributed by atoms with Crippen molar-refractivity contribution in [3.63, 3.8) is 0 Å². The lowest BCUT2D eigenvalue weighted by Gasteiger charge is -2.19. The van der Waals surface area contributed by atoms with E-state index in [1.807, 2.05) is 43.5 Å². The second-order valence-corrected chi connectivity index (χ2v) is 6.07. The van der Waals surface area contributed by atoms with E-state index in [2.05, 4.69) is 11.4 Å². The molecule has 1 aromatic carbocycles. The first-order valence-corrected chi connectivity index (χ1v) is 8.04. The summed E-state index contributed by atoms with van der Waals surface area (Å²) >= 11 is 1.82. The average Bonchev–Trinajstić information content (AvgIpc) is 2.92. The van der Waals surface area contributed by atoms with E-state index in [1.165, 1.54) is 23.4 Å². The summed E-state index contributed by atoms with van der Waals surface area (Å²) in [6.07, 6.45) is 3.58. The summed E-state index contributed by atoms with van der Waals surface area (Å²) in [4.78, 5) is 6.32. The molecule has 1 aromatic heterocycles. The van der Waals surface area contributed by atoms with Crippen LogP contribution < -0.4 is 10.1 Å². The van der Waals surface area contributed by atoms with Gasteiger partial charge in [0.25, 0.3) is 0 Å². The van der Waals surface area contributed by atoms with Gasteiger partial charge in [-0.3, -0.25) is 0 Å². The molecule has 1 unspecified atom stereocenters. The number of fused-ring (bicyclic) bond motifs is 1. The first kappa shape index (κ1) is 13.6. The van der Waals surface area contributed by atoms with Crippen LogP contribution in [-0.2, 0) is 6.42 Å². The maximum Gasteiger partial charge on any atom is 0.129 e. The second-order valence-electron chi connectivity index (χ2n) is 4.99. The minimum Gasteiger partial charge on any atom is -0.493 e. The van der Waals surface area contributed by atoms with Crippen molar-refractivity contribution in [2.75, 3.05) is 13.7 Å². The molecule has 106 valence electrons. The number of ether oxygens (including phenoxy) is 1. The monoisotopic (exact) mass is 288 g/mol. The summed E-state index contributed by atoms with van der Waals surface area (Å²) in [5, 5.41) is 4.46. The summed E-state index contributed by atoms with van der Waals surface area (Å²) in [5.41, 5.74) is 2.36. The van der Waals surface area contributed by atoms with E-state index < -0.39 is 0 Å². The van der Waals surface area contributed by atoms with Crippen molar-refractivity contribution in [3.05, 3.63) is 34.8 Å². The first-order chi connectivity index (χ1) is 9.83. The zero-order valence-corrected chi connectivity index (χ0v) is 12.8. The Balaban J connectivity index is 2.01. The first-order valence-electron chi connectivity index (χ1n) is 7.22. The Morgan fingerprint density at radius 2 is 2.25 bits per heavy atom. The van der Waals surface area contributed by atoms with Crippen LogP contribution in [0.1, 0.15) is 36.4 Å². The van der Waals surface area contributed by atoms with Gasteiger partial charge in [-0.2, -0.15) is 0 Å². The van der Waals surface area contributed by atoms with Crippen molar-refractivity contribution >= 4 is 11.3 Å². The SMILES string of the molecule is CCOc1ccccc1-c1nc2c(s1)CCCC2NC. The Labute approximate surface area is 124 Å². The molecule has 1 N–H and O–H groups in total. The van der Waals surface area contributed by atoms with Crippen LogP contribution in [0.25, 0.3) is 10.6 Å². The second kappa shape index (κ2) is 5.94. The van der Waals surface area contributed by atoms with Gasteiger partial charge in [0.2, 0.25) is 0 Å². The summed E-state index contributed by atoms with van der Waals surface area (Å²) in [7, 11) is 2.02. The minimum atomic E-state index is 0.406. The average molecular weight is 288 g/mol. The van der Waals surface area contributed by atoms with Gasteiger partial charge in [0.15, 0.2) is 0 Å². The topological polar surface area (TPSA) is 34.1 Å². The van der Waals surface area contributed by atoms with Gasteiger partial charge in [-0.15, -0.1) is 11.3 Å². The molecular weight excluding hydrogens is 268 g/mol. The van der Waals surface area contributed by atoms with E-state index in [0.717, 1.165) is 22.7 Å². The Kier molecular flexibility index (Phi) is 4.03. The van der Waals surface area contributed by atoms with Crippen molar-refractivity contribution in [1.82, 2.24) is 10.3 Å². The van der Waals surface area contributed by atoms with Crippen molar-refractivity contribution in [1.29, 1.82) is 0 Å². The highest BCUT2D eigenvalue weighted by atomic mass is 32.1. The van der Waals surface area contributed by atoms with Crippen LogP contribution in [0.4, 0.5) is 0 Å². The smallest absolute Gasteiger partial charge is 0.129 e. The predicted molar refractivity (Wildman–Crippen MR) is 83.5 cm³/mol. The fraction of sp³-hybridized carbons (Fsp3) is 0.438. The van der Waals surface area contributed by atoms with Crippen molar-refractivity contribution in [2.45, 2.75) is 32.2 Å². The third-order valence-electron chi connectivity index (χ3n) is 3.72. The number of aromatic nitrogens is 1. The fourth-order valence-electron chi connectivity index (χ4n) is 2.74. The molecule has 0 bridgehead atoms. The number of thiazole rings is 1. The van der Waals surface area contributed by atoms with Crippen molar-refractivity contribution in [2.24, 2.45) is 0 Å². The minimum absolute atomic E-state index is 0.406. The molecule has 0 aliphatic heterocycles. The lowest BCUT2D eigenvalue weighted by atomic mass is 9.98. The van der Waals surface area contributed by atoms with E-state index in [-0.39, 0.29) is 0 Å². The zero-order chi connectivity index (χ0) is 13.9. The molecule has 0 fully saturated rings. The molecule has 1 heterocycles. The lowest BCUT2D eigenvalue weighted by molar-refractivity contribution is 0.341. The summed E-state index contributed by atoms with van der Waals surface area (Å²) < 4.78 is 5.73. The molecule has 20 heavy (non-hydrogen) atoms. The van der Waals surface area contributed by atoms with Crippen LogP contribution in [0, 0.1) is 0 Å². The number of aryl methyl sites for hydroxylation is 1. The van der Waals surface area contributed by atoms with Crippen molar-refractivity contribution < 1.29 is 4.74 Å². The van der Waals surface area contributed by atoms with Gasteiger partial charge in [0.05, 0.1) is 23.9 Å². The predicted octanol–water partition coefficient (Wildman–Crippen LogP) is 3.81. The van der Waals surface area contributed by atoms with Crippen LogP contribution in [0.15, 0.2) is 24.3 Å². The molecule has 0 spiro atoms. The molecule has 0 saturated carbocycles. The van der Waals surface area contributed by atoms with Crippen LogP contribution >= 0.6 is 11.3 Å². The van der Waals surface area contributed by atoms with Gasteiger partial charge in [-0.05, 0) is 45.4 Å². The third-order valence-corrected chi connectivity index (χ3v) is 4.88. The largest absolute Gasteiger partial charge is 0.493 e. The molecule has 0 amide bonds. The Bertz CT molecular complexity index is 594. The number of nitrogens with one attached hydrogen (secondary N) is 1. The highest BCUT2D eigenvalue weighted by molar-refractivity contribution is 7.15. The third kappa shape index (κ3) is 2.45. The molecule has 3 nitrogen and oxygen atoms in total. The maximum atomic E-state index is 5.73. The normalized spacial score (nSPS) is 17.8. The van der Waals surface area contributed by atoms with Gasteiger partial charge >= 0.3 is 0 Å². The van der Waals surface area contributed by atoms with E-state index in [0.29, 0.717) is 12.6 Å². The molecule has 4 heteroatoms. The number of benzene rings is 1. The molecule has 0 saturated heterocycles. The van der Waals surface area contributed by atoms with E-state index in [9.17, 15) is 0 Å². The lowest BCUT2D eigenvalue weighted by Crippen LogP contribution is -2.21. The number of nitrogens with zero attached hydrogens (tertiary/aromatic N) is 1. The maximum absolute atomic E-state index is 5.73. The molecule has 1 aliphatic carbocycles. The highest BCUT2D eigenvalue weighted by Crippen LogP contribution is 2.39. The number of hydrogen-bond acceptors (Lipinski definition) is 4. The van der Waals surface area contributed by atoms with Crippen LogP contribution in [0.3, 0.4) is 0 Å². The Morgan fingerprint density at radius 3 is 3.05 bits per heavy atom. The van der Waals surface area contributed by atoms with E-state index in [1.54, 1.807) is 0 Å². The van der Waals surface area contributed by atoms with Gasteiger partial charge in [0, 0.05) is 4.88 Å². The van der Waals surface area contributed by atoms with Crippen LogP contribution in [0.2, 0.25) is 0 Å². The number of para-hydroxylation sites is 1. The van der Waals surface area contributed by atoms with Crippen LogP contribution in [0.5, 0.6) is 5.75 Å². The highest BCUT2D eigenvalue weighted by Gasteiger charge is 2.24.